The number of imide groups is 1. The Labute approximate surface area is 182 Å². The van der Waals surface area contributed by atoms with Crippen LogP contribution in [-0.4, -0.2) is 36.1 Å². The quantitative estimate of drug-likeness (QED) is 0.680. The number of halogens is 2. The Morgan fingerprint density at radius 2 is 1.93 bits per heavy atom. The molecule has 2 aliphatic heterocycles. The molecule has 1 unspecified atom stereocenters. The number of hydrogen-bond donors (Lipinski definition) is 2. The molecule has 4 rings (SSSR count). The fraction of sp³-hybridized carbons (Fsp3) is 0.250. The van der Waals surface area contributed by atoms with Crippen LogP contribution in [0.5, 0.6) is 11.5 Å². The highest BCUT2D eigenvalue weighted by Gasteiger charge is 2.49. The van der Waals surface area contributed by atoms with Crippen LogP contribution in [0.25, 0.3) is 0 Å². The van der Waals surface area contributed by atoms with Crippen molar-refractivity contribution in [2.75, 3.05) is 18.7 Å². The number of fused-ring (bicyclic) bond motifs is 1. The first-order chi connectivity index (χ1) is 14.3. The summed E-state index contributed by atoms with van der Waals surface area (Å²) in [5.74, 6) is 0.218. The third-order valence-electron chi connectivity index (χ3n) is 4.99. The molecule has 0 aromatic heterocycles. The lowest BCUT2D eigenvalue weighted by Gasteiger charge is -2.22. The maximum atomic E-state index is 13.0. The maximum absolute atomic E-state index is 13.0. The third-order valence-corrected chi connectivity index (χ3v) is 5.55. The summed E-state index contributed by atoms with van der Waals surface area (Å²) in [7, 11) is 0. The highest BCUT2D eigenvalue weighted by atomic mass is 35.5. The monoisotopic (exact) mass is 449 g/mol. The number of amides is 4. The van der Waals surface area contributed by atoms with Crippen LogP contribution < -0.4 is 20.1 Å². The average Bonchev–Trinajstić information content (AvgIpc) is 3.26. The summed E-state index contributed by atoms with van der Waals surface area (Å²) in [5, 5.41) is 6.08. The lowest BCUT2D eigenvalue weighted by molar-refractivity contribution is -0.131. The first-order valence-corrected chi connectivity index (χ1v) is 9.82. The number of urea groups is 1. The molecule has 1 saturated heterocycles. The Balaban J connectivity index is 1.44. The van der Waals surface area contributed by atoms with Gasteiger partial charge in [0.15, 0.2) is 11.5 Å². The molecule has 0 aliphatic carbocycles. The Morgan fingerprint density at radius 3 is 2.73 bits per heavy atom. The zero-order valence-corrected chi connectivity index (χ0v) is 17.3. The first kappa shape index (κ1) is 20.3. The standard InChI is InChI=1S/C20H17Cl2N3O5/c1-20(11-2-5-15-16(8-11)30-10-29-15)18(27)25(19(28)24-20)7-6-17(26)23-14-9-12(21)3-4-13(14)22/h2-5,8-9H,6-7,10H2,1H3,(H,23,26)(H,24,28). The van der Waals surface area contributed by atoms with E-state index in [1.165, 1.54) is 6.07 Å². The molecular weight excluding hydrogens is 433 g/mol. The summed E-state index contributed by atoms with van der Waals surface area (Å²) < 4.78 is 10.6. The van der Waals surface area contributed by atoms with E-state index in [9.17, 15) is 14.4 Å². The van der Waals surface area contributed by atoms with E-state index in [-0.39, 0.29) is 19.8 Å². The number of benzene rings is 2. The van der Waals surface area contributed by atoms with Gasteiger partial charge in [0.05, 0.1) is 10.7 Å². The fourth-order valence-corrected chi connectivity index (χ4v) is 3.66. The van der Waals surface area contributed by atoms with Crippen molar-refractivity contribution in [2.24, 2.45) is 0 Å². The van der Waals surface area contributed by atoms with Gasteiger partial charge in [-0.3, -0.25) is 14.5 Å². The third kappa shape index (κ3) is 3.64. The number of anilines is 1. The highest BCUT2D eigenvalue weighted by Crippen LogP contribution is 2.37. The van der Waals surface area contributed by atoms with Crippen LogP contribution in [-0.2, 0) is 15.1 Å². The van der Waals surface area contributed by atoms with Gasteiger partial charge in [-0.05, 0) is 42.8 Å². The molecule has 2 heterocycles. The summed E-state index contributed by atoms with van der Waals surface area (Å²) in [6.07, 6.45) is -0.0980. The van der Waals surface area contributed by atoms with Gasteiger partial charge in [-0.15, -0.1) is 0 Å². The van der Waals surface area contributed by atoms with Crippen LogP contribution in [0.15, 0.2) is 36.4 Å². The molecule has 2 aliphatic rings. The van der Waals surface area contributed by atoms with E-state index in [2.05, 4.69) is 10.6 Å². The molecule has 10 heteroatoms. The van der Waals surface area contributed by atoms with E-state index in [1.807, 2.05) is 0 Å². The van der Waals surface area contributed by atoms with Gasteiger partial charge in [0.1, 0.15) is 5.54 Å². The number of hydrogen-bond acceptors (Lipinski definition) is 5. The summed E-state index contributed by atoms with van der Waals surface area (Å²) in [6.45, 7) is 1.62. The minimum absolute atomic E-state index is 0.0885. The molecular formula is C20H17Cl2N3O5. The van der Waals surface area contributed by atoms with Crippen molar-refractivity contribution in [2.45, 2.75) is 18.9 Å². The second kappa shape index (κ2) is 7.70. The smallest absolute Gasteiger partial charge is 0.325 e. The summed E-state index contributed by atoms with van der Waals surface area (Å²) in [4.78, 5) is 38.8. The van der Waals surface area contributed by atoms with E-state index < -0.39 is 23.4 Å². The van der Waals surface area contributed by atoms with Crippen molar-refractivity contribution in [1.82, 2.24) is 10.2 Å². The summed E-state index contributed by atoms with van der Waals surface area (Å²) in [5.41, 5.74) is -0.357. The van der Waals surface area contributed by atoms with Gasteiger partial charge in [0.25, 0.3) is 5.91 Å². The van der Waals surface area contributed by atoms with Crippen LogP contribution in [0.1, 0.15) is 18.9 Å². The minimum Gasteiger partial charge on any atom is -0.454 e. The maximum Gasteiger partial charge on any atom is 0.325 e. The number of rotatable bonds is 5. The van der Waals surface area contributed by atoms with E-state index in [4.69, 9.17) is 32.7 Å². The zero-order valence-electron chi connectivity index (χ0n) is 15.8. The molecule has 2 N–H and O–H groups in total. The van der Waals surface area contributed by atoms with Gasteiger partial charge < -0.3 is 20.1 Å². The molecule has 2 aromatic rings. The van der Waals surface area contributed by atoms with Crippen molar-refractivity contribution in [3.8, 4) is 11.5 Å². The molecule has 4 amide bonds. The van der Waals surface area contributed by atoms with Gasteiger partial charge in [-0.25, -0.2) is 4.79 Å². The van der Waals surface area contributed by atoms with E-state index >= 15 is 0 Å². The molecule has 1 atom stereocenters. The second-order valence-electron chi connectivity index (χ2n) is 7.00. The average molecular weight is 450 g/mol. The topological polar surface area (TPSA) is 97.0 Å². The number of carbonyl (C=O) groups is 3. The Bertz CT molecular complexity index is 1060. The Hall–Kier alpha value is -2.97. The van der Waals surface area contributed by atoms with Crippen LogP contribution >= 0.6 is 23.2 Å². The van der Waals surface area contributed by atoms with Crippen LogP contribution in [0.3, 0.4) is 0 Å². The first-order valence-electron chi connectivity index (χ1n) is 9.07. The Kier molecular flexibility index (Phi) is 5.21. The lowest BCUT2D eigenvalue weighted by Crippen LogP contribution is -2.41. The SMILES string of the molecule is CC1(c2ccc3c(c2)OCO3)NC(=O)N(CCC(=O)Nc2cc(Cl)ccc2Cl)C1=O. The van der Waals surface area contributed by atoms with Crippen molar-refractivity contribution in [3.63, 3.8) is 0 Å². The minimum atomic E-state index is -1.27. The number of carbonyl (C=O) groups excluding carboxylic acids is 3. The Morgan fingerprint density at radius 1 is 1.17 bits per heavy atom. The van der Waals surface area contributed by atoms with Gasteiger partial charge in [-0.2, -0.15) is 0 Å². The zero-order chi connectivity index (χ0) is 21.5. The van der Waals surface area contributed by atoms with Crippen molar-refractivity contribution in [3.05, 3.63) is 52.0 Å². The largest absolute Gasteiger partial charge is 0.454 e. The van der Waals surface area contributed by atoms with Gasteiger partial charge in [0.2, 0.25) is 12.7 Å². The second-order valence-corrected chi connectivity index (χ2v) is 7.85. The van der Waals surface area contributed by atoms with Crippen molar-refractivity contribution >= 4 is 46.7 Å². The number of nitrogens with one attached hydrogen (secondary N) is 2. The molecule has 30 heavy (non-hydrogen) atoms. The molecule has 156 valence electrons. The highest BCUT2D eigenvalue weighted by molar-refractivity contribution is 6.35. The fourth-order valence-electron chi connectivity index (χ4n) is 3.32. The van der Waals surface area contributed by atoms with Crippen LogP contribution in [0, 0.1) is 0 Å². The van der Waals surface area contributed by atoms with Gasteiger partial charge in [0, 0.05) is 18.0 Å². The van der Waals surface area contributed by atoms with Crippen LogP contribution in [0.4, 0.5) is 10.5 Å². The van der Waals surface area contributed by atoms with Crippen molar-refractivity contribution in [1.29, 1.82) is 0 Å². The molecule has 0 bridgehead atoms. The molecule has 0 saturated carbocycles. The van der Waals surface area contributed by atoms with E-state index in [0.717, 1.165) is 4.90 Å². The number of nitrogens with zero attached hydrogens (tertiary/aromatic N) is 1. The van der Waals surface area contributed by atoms with Crippen LogP contribution in [0.2, 0.25) is 10.0 Å². The van der Waals surface area contributed by atoms with Gasteiger partial charge in [-0.1, -0.05) is 29.3 Å². The molecule has 1 fully saturated rings. The molecule has 8 nitrogen and oxygen atoms in total. The molecule has 0 spiro atoms. The summed E-state index contributed by atoms with van der Waals surface area (Å²) >= 11 is 11.9. The van der Waals surface area contributed by atoms with E-state index in [0.29, 0.717) is 32.8 Å². The van der Waals surface area contributed by atoms with E-state index in [1.54, 1.807) is 37.3 Å². The predicted molar refractivity (Wildman–Crippen MR) is 110 cm³/mol. The normalized spacial score (nSPS) is 19.8. The summed E-state index contributed by atoms with van der Waals surface area (Å²) in [6, 6.07) is 9.16. The van der Waals surface area contributed by atoms with Gasteiger partial charge >= 0.3 is 6.03 Å². The number of ether oxygens (including phenoxy) is 2. The predicted octanol–water partition coefficient (Wildman–Crippen LogP) is 3.52. The molecule has 0 radical (unpaired) electrons. The lowest BCUT2D eigenvalue weighted by atomic mass is 9.91. The molecule has 2 aromatic carbocycles. The van der Waals surface area contributed by atoms with Crippen molar-refractivity contribution < 1.29 is 23.9 Å².